The van der Waals surface area contributed by atoms with E-state index in [1.54, 1.807) is 12.1 Å². The first kappa shape index (κ1) is 20.1. The summed E-state index contributed by atoms with van der Waals surface area (Å²) in [7, 11) is 1.39. The molecule has 0 amide bonds. The molecular weight excluding hydrogens is 372 g/mol. The van der Waals surface area contributed by atoms with Crippen molar-refractivity contribution in [1.29, 1.82) is 0 Å². The van der Waals surface area contributed by atoms with Gasteiger partial charge >= 0.3 is 5.97 Å². The number of hydrogen-bond acceptors (Lipinski definition) is 3. The molecule has 4 rings (SSSR count). The van der Waals surface area contributed by atoms with Crippen molar-refractivity contribution in [2.24, 2.45) is 5.41 Å². The van der Waals surface area contributed by atoms with Crippen molar-refractivity contribution >= 4 is 12.0 Å². The first-order valence-corrected chi connectivity index (χ1v) is 10.2. The van der Waals surface area contributed by atoms with Gasteiger partial charge in [0.25, 0.3) is 0 Å². The van der Waals surface area contributed by atoms with Gasteiger partial charge in [-0.1, -0.05) is 78.4 Å². The van der Waals surface area contributed by atoms with Crippen LogP contribution in [-0.2, 0) is 24.0 Å². The van der Waals surface area contributed by atoms with Gasteiger partial charge in [0, 0.05) is 5.41 Å². The van der Waals surface area contributed by atoms with E-state index in [0.717, 1.165) is 18.4 Å². The van der Waals surface area contributed by atoms with E-state index in [4.69, 9.17) is 4.74 Å². The molecular formula is C27H26O3. The summed E-state index contributed by atoms with van der Waals surface area (Å²) in [6.07, 6.45) is 4.55. The summed E-state index contributed by atoms with van der Waals surface area (Å²) in [5, 5.41) is 10.7. The molecule has 0 fully saturated rings. The molecule has 1 atom stereocenters. The molecule has 0 aliphatic heterocycles. The Labute approximate surface area is 177 Å². The van der Waals surface area contributed by atoms with E-state index in [0.29, 0.717) is 12.0 Å². The van der Waals surface area contributed by atoms with Crippen molar-refractivity contribution in [1.82, 2.24) is 0 Å². The highest BCUT2D eigenvalue weighted by Crippen LogP contribution is 2.42. The zero-order chi connectivity index (χ0) is 21.0. The van der Waals surface area contributed by atoms with Crippen LogP contribution in [-0.4, -0.2) is 24.8 Å². The van der Waals surface area contributed by atoms with Gasteiger partial charge in [0.1, 0.15) is 0 Å². The summed E-state index contributed by atoms with van der Waals surface area (Å²) in [5.41, 5.74) is 6.21. The molecule has 152 valence electrons. The standard InChI is InChI=1S/C27H26O3/c1-30-26(29)22-13-11-21(12-14-22)18-27(19-28,17-20-7-3-2-4-8-20)25-15-23-9-5-6-10-24(23)16-25/h2-15,28H,16-19H2,1H3. The third kappa shape index (κ3) is 4.07. The smallest absolute Gasteiger partial charge is 0.337 e. The minimum absolute atomic E-state index is 0.0560. The monoisotopic (exact) mass is 398 g/mol. The number of carbonyl (C=O) groups excluding carboxylic acids is 1. The molecule has 1 aliphatic rings. The van der Waals surface area contributed by atoms with Crippen molar-refractivity contribution in [3.8, 4) is 0 Å². The van der Waals surface area contributed by atoms with Crippen LogP contribution in [0.2, 0.25) is 0 Å². The van der Waals surface area contributed by atoms with Gasteiger partial charge in [-0.2, -0.15) is 0 Å². The number of aliphatic hydroxyl groups is 1. The van der Waals surface area contributed by atoms with Crippen molar-refractivity contribution in [2.45, 2.75) is 19.3 Å². The lowest BCUT2D eigenvalue weighted by Gasteiger charge is -2.34. The van der Waals surface area contributed by atoms with E-state index in [1.165, 1.54) is 29.4 Å². The Hall–Kier alpha value is -3.17. The maximum Gasteiger partial charge on any atom is 0.337 e. The molecule has 0 saturated carbocycles. The highest BCUT2D eigenvalue weighted by molar-refractivity contribution is 5.89. The molecule has 3 aromatic rings. The van der Waals surface area contributed by atoms with Crippen LogP contribution in [0.25, 0.3) is 6.08 Å². The summed E-state index contributed by atoms with van der Waals surface area (Å²) in [6.45, 7) is 0.0560. The van der Waals surface area contributed by atoms with Gasteiger partial charge in [-0.3, -0.25) is 0 Å². The van der Waals surface area contributed by atoms with Gasteiger partial charge in [0.15, 0.2) is 0 Å². The summed E-state index contributed by atoms with van der Waals surface area (Å²) in [6, 6.07) is 26.3. The van der Waals surface area contributed by atoms with Gasteiger partial charge < -0.3 is 9.84 Å². The maximum atomic E-state index is 11.8. The molecule has 0 radical (unpaired) electrons. The Morgan fingerprint density at radius 3 is 2.17 bits per heavy atom. The van der Waals surface area contributed by atoms with Crippen molar-refractivity contribution in [3.63, 3.8) is 0 Å². The Balaban J connectivity index is 1.69. The molecule has 30 heavy (non-hydrogen) atoms. The van der Waals surface area contributed by atoms with Crippen molar-refractivity contribution < 1.29 is 14.6 Å². The maximum absolute atomic E-state index is 11.8. The normalized spacial score (nSPS) is 14.5. The second-order valence-electron chi connectivity index (χ2n) is 8.01. The Kier molecular flexibility index (Phi) is 5.82. The van der Waals surface area contributed by atoms with Crippen LogP contribution < -0.4 is 0 Å². The Bertz CT molecular complexity index is 1050. The average Bonchev–Trinajstić information content (AvgIpc) is 3.24. The molecule has 3 heteroatoms. The van der Waals surface area contributed by atoms with Gasteiger partial charge in [-0.05, 0) is 53.6 Å². The second-order valence-corrected chi connectivity index (χ2v) is 8.01. The summed E-state index contributed by atoms with van der Waals surface area (Å²) < 4.78 is 4.81. The Morgan fingerprint density at radius 1 is 0.900 bits per heavy atom. The lowest BCUT2D eigenvalue weighted by Crippen LogP contribution is -2.33. The average molecular weight is 399 g/mol. The van der Waals surface area contributed by atoms with Crippen LogP contribution in [0.15, 0.2) is 84.4 Å². The minimum atomic E-state index is -0.410. The number of carbonyl (C=O) groups is 1. The van der Waals surface area contributed by atoms with Gasteiger partial charge in [-0.15, -0.1) is 0 Å². The zero-order valence-corrected chi connectivity index (χ0v) is 17.2. The van der Waals surface area contributed by atoms with Crippen LogP contribution in [0.4, 0.5) is 0 Å². The fourth-order valence-corrected chi connectivity index (χ4v) is 4.38. The molecule has 3 nitrogen and oxygen atoms in total. The molecule has 1 N–H and O–H groups in total. The van der Waals surface area contributed by atoms with E-state index in [-0.39, 0.29) is 12.6 Å². The molecule has 0 bridgehead atoms. The molecule has 0 saturated heterocycles. The first-order valence-electron chi connectivity index (χ1n) is 10.2. The zero-order valence-electron chi connectivity index (χ0n) is 17.2. The topological polar surface area (TPSA) is 46.5 Å². The van der Waals surface area contributed by atoms with Gasteiger partial charge in [0.2, 0.25) is 0 Å². The molecule has 0 heterocycles. The first-order chi connectivity index (χ1) is 14.6. The van der Waals surface area contributed by atoms with Crippen LogP contribution in [0.5, 0.6) is 0 Å². The minimum Gasteiger partial charge on any atom is -0.465 e. The predicted molar refractivity (Wildman–Crippen MR) is 119 cm³/mol. The quantitative estimate of drug-likeness (QED) is 0.577. The van der Waals surface area contributed by atoms with E-state index in [9.17, 15) is 9.90 Å². The second kappa shape index (κ2) is 8.68. The summed E-state index contributed by atoms with van der Waals surface area (Å²) in [5.74, 6) is -0.340. The molecule has 1 aliphatic carbocycles. The summed E-state index contributed by atoms with van der Waals surface area (Å²) in [4.78, 5) is 11.8. The predicted octanol–water partition coefficient (Wildman–Crippen LogP) is 4.88. The number of rotatable bonds is 7. The van der Waals surface area contributed by atoms with E-state index in [1.807, 2.05) is 30.3 Å². The lowest BCUT2D eigenvalue weighted by molar-refractivity contribution is 0.0600. The van der Waals surface area contributed by atoms with Crippen LogP contribution >= 0.6 is 0 Å². The lowest BCUT2D eigenvalue weighted by atomic mass is 9.71. The largest absolute Gasteiger partial charge is 0.465 e. The van der Waals surface area contributed by atoms with E-state index >= 15 is 0 Å². The van der Waals surface area contributed by atoms with E-state index < -0.39 is 5.41 Å². The molecule has 3 aromatic carbocycles. The number of benzene rings is 3. The third-order valence-electron chi connectivity index (χ3n) is 6.05. The highest BCUT2D eigenvalue weighted by atomic mass is 16.5. The number of esters is 1. The van der Waals surface area contributed by atoms with Crippen LogP contribution in [0.1, 0.15) is 32.6 Å². The number of hydrogen-bond donors (Lipinski definition) is 1. The van der Waals surface area contributed by atoms with Crippen molar-refractivity contribution in [2.75, 3.05) is 13.7 Å². The number of fused-ring (bicyclic) bond motifs is 1. The number of aliphatic hydroxyl groups excluding tert-OH is 1. The number of ether oxygens (including phenoxy) is 1. The molecule has 0 aromatic heterocycles. The fraction of sp³-hybridized carbons (Fsp3) is 0.222. The van der Waals surface area contributed by atoms with Crippen molar-refractivity contribution in [3.05, 3.63) is 112 Å². The Morgan fingerprint density at radius 2 is 1.53 bits per heavy atom. The van der Waals surface area contributed by atoms with Crippen LogP contribution in [0, 0.1) is 5.41 Å². The molecule has 0 spiro atoms. The van der Waals surface area contributed by atoms with E-state index in [2.05, 4.69) is 42.5 Å². The third-order valence-corrected chi connectivity index (χ3v) is 6.05. The van der Waals surface area contributed by atoms with Gasteiger partial charge in [-0.25, -0.2) is 4.79 Å². The summed E-state index contributed by atoms with van der Waals surface area (Å²) >= 11 is 0. The highest BCUT2D eigenvalue weighted by Gasteiger charge is 2.36. The number of methoxy groups -OCH3 is 1. The van der Waals surface area contributed by atoms with Gasteiger partial charge in [0.05, 0.1) is 19.3 Å². The SMILES string of the molecule is COC(=O)c1ccc(CC(CO)(Cc2ccccc2)C2=Cc3ccccc3C2)cc1. The fourth-order valence-electron chi connectivity index (χ4n) is 4.38. The van der Waals surface area contributed by atoms with Crippen LogP contribution in [0.3, 0.4) is 0 Å². The molecule has 1 unspecified atom stereocenters.